The maximum atomic E-state index is 10.9. The standard InChI is InChI=1S/C13H24O3/c1-11-3-2-4-13(15,9-11)12(10-14)5-7-16-8-6-12/h11,14-15H,2-10H2,1H3. The van der Waals surface area contributed by atoms with Crippen LogP contribution in [0.5, 0.6) is 0 Å². The van der Waals surface area contributed by atoms with Crippen molar-refractivity contribution in [3.05, 3.63) is 0 Å². The topological polar surface area (TPSA) is 49.7 Å². The molecule has 2 rings (SSSR count). The first-order valence-electron chi connectivity index (χ1n) is 6.53. The summed E-state index contributed by atoms with van der Waals surface area (Å²) in [6.45, 7) is 3.66. The Morgan fingerprint density at radius 1 is 1.25 bits per heavy atom. The van der Waals surface area contributed by atoms with Crippen LogP contribution < -0.4 is 0 Å². The molecule has 3 heteroatoms. The van der Waals surface area contributed by atoms with Gasteiger partial charge in [0.2, 0.25) is 0 Å². The van der Waals surface area contributed by atoms with E-state index in [1.54, 1.807) is 0 Å². The molecule has 0 aromatic carbocycles. The van der Waals surface area contributed by atoms with Crippen LogP contribution in [0.1, 0.15) is 45.4 Å². The van der Waals surface area contributed by atoms with Gasteiger partial charge in [-0.2, -0.15) is 0 Å². The second-order valence-electron chi connectivity index (χ2n) is 5.78. The average molecular weight is 228 g/mol. The van der Waals surface area contributed by atoms with Gasteiger partial charge in [-0.05, 0) is 31.6 Å². The Bertz CT molecular complexity index is 235. The molecule has 2 N–H and O–H groups in total. The number of aliphatic hydroxyl groups excluding tert-OH is 1. The first-order valence-corrected chi connectivity index (χ1v) is 6.53. The molecule has 16 heavy (non-hydrogen) atoms. The summed E-state index contributed by atoms with van der Waals surface area (Å²) >= 11 is 0. The molecule has 0 spiro atoms. The number of aliphatic hydroxyl groups is 2. The zero-order valence-electron chi connectivity index (χ0n) is 10.2. The number of hydrogen-bond acceptors (Lipinski definition) is 3. The van der Waals surface area contributed by atoms with Gasteiger partial charge in [0.1, 0.15) is 0 Å². The van der Waals surface area contributed by atoms with Crippen LogP contribution in [0, 0.1) is 11.3 Å². The highest BCUT2D eigenvalue weighted by atomic mass is 16.5. The van der Waals surface area contributed by atoms with Crippen molar-refractivity contribution in [2.24, 2.45) is 11.3 Å². The van der Waals surface area contributed by atoms with Gasteiger partial charge in [0.05, 0.1) is 12.2 Å². The molecule has 94 valence electrons. The largest absolute Gasteiger partial charge is 0.396 e. The second-order valence-corrected chi connectivity index (χ2v) is 5.78. The zero-order valence-corrected chi connectivity index (χ0v) is 10.2. The van der Waals surface area contributed by atoms with Crippen molar-refractivity contribution in [2.75, 3.05) is 19.8 Å². The highest BCUT2D eigenvalue weighted by molar-refractivity contribution is 5.02. The van der Waals surface area contributed by atoms with Gasteiger partial charge in [-0.15, -0.1) is 0 Å². The summed E-state index contributed by atoms with van der Waals surface area (Å²) in [6, 6.07) is 0. The lowest BCUT2D eigenvalue weighted by Gasteiger charge is -2.51. The van der Waals surface area contributed by atoms with E-state index in [-0.39, 0.29) is 12.0 Å². The molecule has 2 aliphatic rings. The maximum absolute atomic E-state index is 10.9. The third kappa shape index (κ3) is 2.01. The highest BCUT2D eigenvalue weighted by Crippen LogP contribution is 2.49. The van der Waals surface area contributed by atoms with Crippen molar-refractivity contribution in [2.45, 2.75) is 51.0 Å². The van der Waals surface area contributed by atoms with Gasteiger partial charge >= 0.3 is 0 Å². The predicted molar refractivity (Wildman–Crippen MR) is 62.2 cm³/mol. The smallest absolute Gasteiger partial charge is 0.0729 e. The molecule has 0 bridgehead atoms. The number of hydrogen-bond donors (Lipinski definition) is 2. The Labute approximate surface area is 97.8 Å². The summed E-state index contributed by atoms with van der Waals surface area (Å²) in [5.41, 5.74) is -0.969. The monoisotopic (exact) mass is 228 g/mol. The number of ether oxygens (including phenoxy) is 1. The van der Waals surface area contributed by atoms with Gasteiger partial charge in [-0.3, -0.25) is 0 Å². The van der Waals surface area contributed by atoms with Crippen molar-refractivity contribution in [1.82, 2.24) is 0 Å². The summed E-state index contributed by atoms with van der Waals surface area (Å²) in [5.74, 6) is 0.574. The van der Waals surface area contributed by atoms with Gasteiger partial charge in [-0.1, -0.05) is 19.8 Å². The Morgan fingerprint density at radius 3 is 2.50 bits per heavy atom. The van der Waals surface area contributed by atoms with Crippen molar-refractivity contribution in [3.63, 3.8) is 0 Å². The highest BCUT2D eigenvalue weighted by Gasteiger charge is 2.51. The van der Waals surface area contributed by atoms with E-state index < -0.39 is 5.60 Å². The molecule has 1 saturated carbocycles. The van der Waals surface area contributed by atoms with Crippen LogP contribution in [0.4, 0.5) is 0 Å². The quantitative estimate of drug-likeness (QED) is 0.756. The second kappa shape index (κ2) is 4.63. The normalized spacial score (nSPS) is 39.6. The fourth-order valence-corrected chi connectivity index (χ4v) is 3.54. The van der Waals surface area contributed by atoms with Crippen molar-refractivity contribution in [1.29, 1.82) is 0 Å². The molecule has 3 nitrogen and oxygen atoms in total. The van der Waals surface area contributed by atoms with Gasteiger partial charge in [0.25, 0.3) is 0 Å². The summed E-state index contributed by atoms with van der Waals surface area (Å²) in [6.07, 6.45) is 5.57. The van der Waals surface area contributed by atoms with E-state index in [9.17, 15) is 10.2 Å². The van der Waals surface area contributed by atoms with Crippen LogP contribution in [0.15, 0.2) is 0 Å². The van der Waals surface area contributed by atoms with Crippen LogP contribution in [0.25, 0.3) is 0 Å². The van der Waals surface area contributed by atoms with Gasteiger partial charge in [0, 0.05) is 18.6 Å². The van der Waals surface area contributed by atoms with Gasteiger partial charge in [0.15, 0.2) is 0 Å². The third-order valence-electron chi connectivity index (χ3n) is 4.71. The number of rotatable bonds is 2. The minimum Gasteiger partial charge on any atom is -0.396 e. The maximum Gasteiger partial charge on any atom is 0.0729 e. The van der Waals surface area contributed by atoms with E-state index in [1.165, 1.54) is 6.42 Å². The minimum absolute atomic E-state index is 0.0968. The van der Waals surface area contributed by atoms with Crippen molar-refractivity contribution >= 4 is 0 Å². The molecule has 0 aromatic heterocycles. The molecule has 1 heterocycles. The molecule has 0 radical (unpaired) electrons. The van der Waals surface area contributed by atoms with Crippen molar-refractivity contribution < 1.29 is 14.9 Å². The average Bonchev–Trinajstić information content (AvgIpc) is 2.29. The Hall–Kier alpha value is -0.120. The van der Waals surface area contributed by atoms with E-state index in [4.69, 9.17) is 4.74 Å². The SMILES string of the molecule is CC1CCCC(O)(C2(CO)CCOCC2)C1. The summed E-state index contributed by atoms with van der Waals surface area (Å²) in [4.78, 5) is 0. The van der Waals surface area contributed by atoms with Crippen LogP contribution in [0.3, 0.4) is 0 Å². The molecule has 1 aliphatic heterocycles. The molecule has 2 unspecified atom stereocenters. The Balaban J connectivity index is 2.17. The Kier molecular flexibility index (Phi) is 3.57. The lowest BCUT2D eigenvalue weighted by molar-refractivity contribution is -0.174. The van der Waals surface area contributed by atoms with E-state index >= 15 is 0 Å². The summed E-state index contributed by atoms with van der Waals surface area (Å²) in [7, 11) is 0. The van der Waals surface area contributed by atoms with E-state index in [2.05, 4.69) is 6.92 Å². The van der Waals surface area contributed by atoms with Crippen LogP contribution in [0.2, 0.25) is 0 Å². The molecule has 2 fully saturated rings. The van der Waals surface area contributed by atoms with Crippen LogP contribution >= 0.6 is 0 Å². The Morgan fingerprint density at radius 2 is 1.94 bits per heavy atom. The first-order chi connectivity index (χ1) is 7.62. The van der Waals surface area contributed by atoms with E-state index in [1.807, 2.05) is 0 Å². The lowest BCUT2D eigenvalue weighted by atomic mass is 9.60. The van der Waals surface area contributed by atoms with E-state index in [0.29, 0.717) is 19.1 Å². The summed E-state index contributed by atoms with van der Waals surface area (Å²) in [5, 5.41) is 20.6. The van der Waals surface area contributed by atoms with Gasteiger partial charge < -0.3 is 14.9 Å². The molecule has 1 aliphatic carbocycles. The molecule has 1 saturated heterocycles. The lowest BCUT2D eigenvalue weighted by Crippen LogP contribution is -2.55. The third-order valence-corrected chi connectivity index (χ3v) is 4.71. The van der Waals surface area contributed by atoms with Crippen LogP contribution in [-0.2, 0) is 4.74 Å². The fraction of sp³-hybridized carbons (Fsp3) is 1.00. The molecular weight excluding hydrogens is 204 g/mol. The van der Waals surface area contributed by atoms with Gasteiger partial charge in [-0.25, -0.2) is 0 Å². The molecule has 0 amide bonds. The summed E-state index contributed by atoms with van der Waals surface area (Å²) < 4.78 is 5.37. The van der Waals surface area contributed by atoms with Crippen LogP contribution in [-0.4, -0.2) is 35.6 Å². The fourth-order valence-electron chi connectivity index (χ4n) is 3.54. The first kappa shape index (κ1) is 12.3. The molecule has 0 aromatic rings. The van der Waals surface area contributed by atoms with E-state index in [0.717, 1.165) is 32.1 Å². The molecular formula is C13H24O3. The molecule has 2 atom stereocenters. The van der Waals surface area contributed by atoms with Crippen molar-refractivity contribution in [3.8, 4) is 0 Å². The minimum atomic E-state index is -0.663. The predicted octanol–water partition coefficient (Wildman–Crippen LogP) is 1.72. The zero-order chi connectivity index (χ0) is 11.6.